The molecule has 1 aromatic heterocycles. The van der Waals surface area contributed by atoms with Gasteiger partial charge < -0.3 is 26.1 Å². The molecule has 0 spiro atoms. The van der Waals surface area contributed by atoms with Crippen molar-refractivity contribution in [2.24, 2.45) is 17.6 Å². The molecule has 0 unspecified atom stereocenters. The second-order valence-corrected chi connectivity index (χ2v) is 9.83. The van der Waals surface area contributed by atoms with Gasteiger partial charge in [0.2, 0.25) is 11.8 Å². The molecule has 37 heavy (non-hydrogen) atoms. The van der Waals surface area contributed by atoms with E-state index in [1.807, 2.05) is 12.2 Å². The Kier molecular flexibility index (Phi) is 8.83. The standard InChI is InChI=1S/C26H33ClN6O4/c1-37-26(36)29-17-12-18-22(19(13-17)31-25(35)16-10-8-15(14-28)9-11-16)23-24(27)33-20(32-23)6-4-2-3-5-7-21(34)30-18/h2-3,12-13,15-16H,4-11,14,28H2,1H3,(H,29,36)(H,30,34)(H,31,35)(H,32,33). The Balaban J connectivity index is 1.77. The van der Waals surface area contributed by atoms with Gasteiger partial charge in [-0.1, -0.05) is 23.8 Å². The molecule has 0 saturated heterocycles. The summed E-state index contributed by atoms with van der Waals surface area (Å²) in [5, 5.41) is 8.87. The van der Waals surface area contributed by atoms with Gasteiger partial charge in [0, 0.05) is 24.4 Å². The minimum absolute atomic E-state index is 0.141. The van der Waals surface area contributed by atoms with Crippen LogP contribution in [-0.4, -0.2) is 41.5 Å². The van der Waals surface area contributed by atoms with Crippen LogP contribution in [-0.2, 0) is 20.7 Å². The van der Waals surface area contributed by atoms with Crippen molar-refractivity contribution in [1.82, 2.24) is 9.97 Å². The van der Waals surface area contributed by atoms with Crippen molar-refractivity contribution in [3.05, 3.63) is 35.3 Å². The van der Waals surface area contributed by atoms with Gasteiger partial charge in [0.05, 0.1) is 24.0 Å². The number of halogens is 1. The zero-order valence-electron chi connectivity index (χ0n) is 20.9. The van der Waals surface area contributed by atoms with E-state index in [1.54, 1.807) is 12.1 Å². The number of aromatic nitrogens is 2. The second kappa shape index (κ2) is 12.2. The summed E-state index contributed by atoms with van der Waals surface area (Å²) in [5.74, 6) is 0.599. The molecule has 198 valence electrons. The number of hydrogen-bond acceptors (Lipinski definition) is 6. The molecule has 4 rings (SSSR count). The van der Waals surface area contributed by atoms with E-state index in [9.17, 15) is 14.4 Å². The summed E-state index contributed by atoms with van der Waals surface area (Å²) in [7, 11) is 1.26. The number of nitrogens with two attached hydrogens (primary N) is 1. The van der Waals surface area contributed by atoms with Crippen molar-refractivity contribution in [1.29, 1.82) is 0 Å². The summed E-state index contributed by atoms with van der Waals surface area (Å²) in [5.41, 5.74) is 7.76. The van der Waals surface area contributed by atoms with Gasteiger partial charge in [0.25, 0.3) is 0 Å². The topological polar surface area (TPSA) is 151 Å². The molecule has 2 aromatic rings. The van der Waals surface area contributed by atoms with Gasteiger partial charge >= 0.3 is 6.09 Å². The van der Waals surface area contributed by atoms with Crippen LogP contribution in [0.2, 0.25) is 5.15 Å². The molecular weight excluding hydrogens is 496 g/mol. The maximum Gasteiger partial charge on any atom is 0.411 e. The number of fused-ring (bicyclic) bond motifs is 4. The molecule has 3 amide bonds. The van der Waals surface area contributed by atoms with Crippen LogP contribution in [0.15, 0.2) is 24.3 Å². The van der Waals surface area contributed by atoms with Crippen LogP contribution in [0.5, 0.6) is 0 Å². The van der Waals surface area contributed by atoms with Gasteiger partial charge in [0.15, 0.2) is 0 Å². The molecule has 0 radical (unpaired) electrons. The van der Waals surface area contributed by atoms with Crippen LogP contribution in [0.25, 0.3) is 11.3 Å². The molecule has 11 heteroatoms. The van der Waals surface area contributed by atoms with Gasteiger partial charge in [-0.15, -0.1) is 0 Å². The minimum Gasteiger partial charge on any atom is -0.453 e. The quantitative estimate of drug-likeness (QED) is 0.358. The molecule has 1 aliphatic carbocycles. The number of carbonyl (C=O) groups excluding carboxylic acids is 3. The summed E-state index contributed by atoms with van der Waals surface area (Å²) >= 11 is 6.59. The number of nitrogens with one attached hydrogen (secondary N) is 4. The van der Waals surface area contributed by atoms with Crippen LogP contribution in [0, 0.1) is 11.8 Å². The monoisotopic (exact) mass is 528 g/mol. The molecule has 1 fully saturated rings. The average Bonchev–Trinajstić information content (AvgIpc) is 3.25. The highest BCUT2D eigenvalue weighted by Crippen LogP contribution is 2.41. The molecule has 1 aromatic carbocycles. The summed E-state index contributed by atoms with van der Waals surface area (Å²) in [6.45, 7) is 0.623. The Morgan fingerprint density at radius 2 is 1.86 bits per heavy atom. The van der Waals surface area contributed by atoms with E-state index >= 15 is 0 Å². The summed E-state index contributed by atoms with van der Waals surface area (Å²) in [4.78, 5) is 46.0. The van der Waals surface area contributed by atoms with Crippen molar-refractivity contribution in [3.8, 4) is 11.3 Å². The highest BCUT2D eigenvalue weighted by atomic mass is 35.5. The SMILES string of the molecule is COC(=O)Nc1cc2c(c(NC(=O)C3CCC(CN)CC3)c1)-c1nc([nH]c1Cl)CCC=CCCC(=O)N2. The number of allylic oxidation sites excluding steroid dienone is 2. The number of aryl methyl sites for hydroxylation is 1. The van der Waals surface area contributed by atoms with Crippen molar-refractivity contribution in [3.63, 3.8) is 0 Å². The number of rotatable bonds is 4. The number of amides is 3. The summed E-state index contributed by atoms with van der Waals surface area (Å²) < 4.78 is 4.74. The lowest BCUT2D eigenvalue weighted by Crippen LogP contribution is -2.29. The summed E-state index contributed by atoms with van der Waals surface area (Å²) in [6, 6.07) is 3.22. The second-order valence-electron chi connectivity index (χ2n) is 9.45. The van der Waals surface area contributed by atoms with Crippen LogP contribution in [0.4, 0.5) is 21.9 Å². The number of H-pyrrole nitrogens is 1. The smallest absolute Gasteiger partial charge is 0.411 e. The number of ether oxygens (including phenoxy) is 1. The maximum atomic E-state index is 13.4. The van der Waals surface area contributed by atoms with Crippen LogP contribution in [0.1, 0.15) is 50.8 Å². The van der Waals surface area contributed by atoms with Gasteiger partial charge in [-0.3, -0.25) is 14.9 Å². The number of benzene rings is 1. The minimum atomic E-state index is -0.682. The molecule has 10 nitrogen and oxygen atoms in total. The van der Waals surface area contributed by atoms with E-state index in [0.29, 0.717) is 64.6 Å². The highest BCUT2D eigenvalue weighted by Gasteiger charge is 2.28. The van der Waals surface area contributed by atoms with E-state index in [0.717, 1.165) is 32.1 Å². The molecule has 2 heterocycles. The molecule has 0 atom stereocenters. The first kappa shape index (κ1) is 26.7. The first-order valence-electron chi connectivity index (χ1n) is 12.6. The first-order valence-corrected chi connectivity index (χ1v) is 13.0. The Bertz CT molecular complexity index is 1190. The van der Waals surface area contributed by atoms with E-state index in [2.05, 4.69) is 20.9 Å². The fourth-order valence-electron chi connectivity index (χ4n) is 4.80. The van der Waals surface area contributed by atoms with Gasteiger partial charge in [0.1, 0.15) is 16.7 Å². The number of anilines is 3. The number of carbonyl (C=O) groups is 3. The fourth-order valence-corrected chi connectivity index (χ4v) is 5.04. The molecular formula is C26H33ClN6O4. The van der Waals surface area contributed by atoms with E-state index in [1.165, 1.54) is 7.11 Å². The molecule has 2 bridgehead atoms. The predicted molar refractivity (Wildman–Crippen MR) is 144 cm³/mol. The zero-order valence-corrected chi connectivity index (χ0v) is 21.6. The third-order valence-corrected chi connectivity index (χ3v) is 7.12. The lowest BCUT2D eigenvalue weighted by molar-refractivity contribution is -0.121. The fraction of sp³-hybridized carbons (Fsp3) is 0.462. The number of nitrogens with zero attached hydrogens (tertiary/aromatic N) is 1. The van der Waals surface area contributed by atoms with Crippen molar-refractivity contribution < 1.29 is 19.1 Å². The van der Waals surface area contributed by atoms with Crippen molar-refractivity contribution >= 4 is 46.6 Å². The number of hydrogen-bond donors (Lipinski definition) is 5. The number of imidazole rings is 1. The van der Waals surface area contributed by atoms with Gasteiger partial charge in [-0.25, -0.2) is 9.78 Å². The van der Waals surface area contributed by atoms with E-state index in [4.69, 9.17) is 27.1 Å². The Morgan fingerprint density at radius 3 is 2.57 bits per heavy atom. The molecule has 1 aliphatic heterocycles. The molecule has 1 saturated carbocycles. The van der Waals surface area contributed by atoms with E-state index < -0.39 is 6.09 Å². The number of aromatic amines is 1. The Hall–Kier alpha value is -3.37. The molecule has 6 N–H and O–H groups in total. The largest absolute Gasteiger partial charge is 0.453 e. The first-order chi connectivity index (χ1) is 17.9. The number of methoxy groups -OCH3 is 1. The Labute approximate surface area is 220 Å². The third kappa shape index (κ3) is 6.69. The lowest BCUT2D eigenvalue weighted by atomic mass is 9.81. The van der Waals surface area contributed by atoms with Crippen LogP contribution >= 0.6 is 11.6 Å². The third-order valence-electron chi connectivity index (χ3n) is 6.85. The average molecular weight is 529 g/mol. The van der Waals surface area contributed by atoms with Crippen molar-refractivity contribution in [2.45, 2.75) is 51.4 Å². The predicted octanol–water partition coefficient (Wildman–Crippen LogP) is 4.83. The van der Waals surface area contributed by atoms with Crippen molar-refractivity contribution in [2.75, 3.05) is 29.6 Å². The van der Waals surface area contributed by atoms with Gasteiger partial charge in [-0.2, -0.15) is 0 Å². The van der Waals surface area contributed by atoms with Crippen LogP contribution in [0.3, 0.4) is 0 Å². The zero-order chi connectivity index (χ0) is 26.4. The van der Waals surface area contributed by atoms with Crippen LogP contribution < -0.4 is 21.7 Å². The maximum absolute atomic E-state index is 13.4. The van der Waals surface area contributed by atoms with E-state index in [-0.39, 0.29) is 24.2 Å². The highest BCUT2D eigenvalue weighted by molar-refractivity contribution is 6.32. The summed E-state index contributed by atoms with van der Waals surface area (Å²) in [6.07, 6.45) is 8.82. The molecule has 2 aliphatic rings. The Morgan fingerprint density at radius 1 is 1.14 bits per heavy atom. The normalized spacial score (nSPS) is 19.9. The van der Waals surface area contributed by atoms with Gasteiger partial charge in [-0.05, 0) is 63.1 Å². The lowest BCUT2D eigenvalue weighted by Gasteiger charge is -2.27.